The van der Waals surface area contributed by atoms with Crippen LogP contribution in [-0.2, 0) is 0 Å². The molecule has 2 saturated heterocycles. The van der Waals surface area contributed by atoms with Gasteiger partial charge in [-0.15, -0.1) is 0 Å². The number of likely N-dealkylation sites (tertiary alicyclic amines) is 1. The second kappa shape index (κ2) is 5.72. The second-order valence-electron chi connectivity index (χ2n) is 8.44. The first-order valence-corrected chi connectivity index (χ1v) is 9.05. The van der Waals surface area contributed by atoms with Gasteiger partial charge in [0.1, 0.15) is 0 Å². The summed E-state index contributed by atoms with van der Waals surface area (Å²) in [5.41, 5.74) is 3.39. The van der Waals surface area contributed by atoms with E-state index in [4.69, 9.17) is 0 Å². The molecule has 2 aliphatic rings. The SMILES string of the molecule is CN1CC2(C)C[C@](C)(CNC2c2ccccc2)[C@H]1c1ccccc1. The first-order valence-electron chi connectivity index (χ1n) is 9.05. The zero-order valence-corrected chi connectivity index (χ0v) is 15.0. The summed E-state index contributed by atoms with van der Waals surface area (Å²) >= 11 is 0. The van der Waals surface area contributed by atoms with E-state index in [0.717, 1.165) is 13.1 Å². The Kier molecular flexibility index (Phi) is 3.78. The Morgan fingerprint density at radius 3 is 2.08 bits per heavy atom. The maximum absolute atomic E-state index is 3.91. The Morgan fingerprint density at radius 2 is 1.46 bits per heavy atom. The predicted molar refractivity (Wildman–Crippen MR) is 99.8 cm³/mol. The number of benzene rings is 2. The van der Waals surface area contributed by atoms with Crippen LogP contribution in [0.3, 0.4) is 0 Å². The van der Waals surface area contributed by atoms with Crippen LogP contribution in [0.1, 0.15) is 43.5 Å². The van der Waals surface area contributed by atoms with Gasteiger partial charge in [-0.2, -0.15) is 0 Å². The van der Waals surface area contributed by atoms with Crippen LogP contribution in [0, 0.1) is 10.8 Å². The van der Waals surface area contributed by atoms with Gasteiger partial charge in [0.25, 0.3) is 0 Å². The van der Waals surface area contributed by atoms with Crippen LogP contribution in [0.5, 0.6) is 0 Å². The molecule has 2 aromatic carbocycles. The molecular weight excluding hydrogens is 292 g/mol. The van der Waals surface area contributed by atoms with E-state index in [-0.39, 0.29) is 10.8 Å². The van der Waals surface area contributed by atoms with Crippen LogP contribution in [0.4, 0.5) is 0 Å². The molecule has 2 aromatic rings. The molecule has 2 unspecified atom stereocenters. The Hall–Kier alpha value is -1.64. The Morgan fingerprint density at radius 1 is 0.875 bits per heavy atom. The van der Waals surface area contributed by atoms with Crippen LogP contribution in [0.15, 0.2) is 60.7 Å². The molecule has 0 aromatic heterocycles. The molecule has 2 nitrogen and oxygen atoms in total. The first kappa shape index (κ1) is 15.9. The van der Waals surface area contributed by atoms with Crippen LogP contribution in [-0.4, -0.2) is 25.0 Å². The minimum absolute atomic E-state index is 0.258. The van der Waals surface area contributed by atoms with Gasteiger partial charge in [0.15, 0.2) is 0 Å². The molecule has 4 atom stereocenters. The highest BCUT2D eigenvalue weighted by atomic mass is 15.2. The van der Waals surface area contributed by atoms with E-state index in [1.165, 1.54) is 17.5 Å². The third-order valence-electron chi connectivity index (χ3n) is 6.17. The lowest BCUT2D eigenvalue weighted by atomic mass is 9.57. The van der Waals surface area contributed by atoms with Crippen molar-refractivity contribution < 1.29 is 0 Å². The summed E-state index contributed by atoms with van der Waals surface area (Å²) in [6.45, 7) is 7.11. The molecule has 0 saturated carbocycles. The number of fused-ring (bicyclic) bond motifs is 2. The maximum Gasteiger partial charge on any atom is 0.0411 e. The van der Waals surface area contributed by atoms with Gasteiger partial charge < -0.3 is 5.32 Å². The van der Waals surface area contributed by atoms with E-state index >= 15 is 0 Å². The van der Waals surface area contributed by atoms with Crippen molar-refractivity contribution in [3.05, 3.63) is 71.8 Å². The van der Waals surface area contributed by atoms with E-state index < -0.39 is 0 Å². The standard InChI is InChI=1S/C22H28N2/c1-21-14-22(2,19(23-15-21)17-10-6-4-7-11-17)16-24(3)20(21)18-12-8-5-9-13-18/h4-13,19-20,23H,14-16H2,1-3H3/t19?,20-,21-,22?/m1/s1. The fraction of sp³-hybridized carbons (Fsp3) is 0.455. The topological polar surface area (TPSA) is 15.3 Å². The Labute approximate surface area is 145 Å². The lowest BCUT2D eigenvalue weighted by Crippen LogP contribution is -2.62. The molecule has 0 amide bonds. The largest absolute Gasteiger partial charge is 0.309 e. The smallest absolute Gasteiger partial charge is 0.0411 e. The van der Waals surface area contributed by atoms with Gasteiger partial charge in [0.2, 0.25) is 0 Å². The van der Waals surface area contributed by atoms with Gasteiger partial charge in [-0.3, -0.25) is 4.90 Å². The summed E-state index contributed by atoms with van der Waals surface area (Å²) in [5.74, 6) is 0. The molecular formula is C22H28N2. The highest BCUT2D eigenvalue weighted by molar-refractivity contribution is 5.28. The van der Waals surface area contributed by atoms with E-state index in [9.17, 15) is 0 Å². The van der Waals surface area contributed by atoms with Crippen LogP contribution in [0.2, 0.25) is 0 Å². The lowest BCUT2D eigenvalue weighted by Gasteiger charge is -2.60. The van der Waals surface area contributed by atoms with Crippen molar-refractivity contribution in [2.75, 3.05) is 20.1 Å². The fourth-order valence-corrected chi connectivity index (χ4v) is 5.66. The fourth-order valence-electron chi connectivity index (χ4n) is 5.66. The van der Waals surface area contributed by atoms with Gasteiger partial charge in [-0.05, 0) is 24.6 Å². The third kappa shape index (κ3) is 2.49. The van der Waals surface area contributed by atoms with Crippen molar-refractivity contribution in [3.63, 3.8) is 0 Å². The number of rotatable bonds is 2. The number of nitrogens with one attached hydrogen (secondary N) is 1. The van der Waals surface area contributed by atoms with Crippen LogP contribution < -0.4 is 5.32 Å². The molecule has 2 aliphatic heterocycles. The van der Waals surface area contributed by atoms with E-state index in [1.807, 2.05) is 0 Å². The minimum Gasteiger partial charge on any atom is -0.309 e. The molecule has 1 N–H and O–H groups in total. The van der Waals surface area contributed by atoms with Gasteiger partial charge in [0, 0.05) is 36.0 Å². The first-order chi connectivity index (χ1) is 11.5. The molecule has 2 heteroatoms. The van der Waals surface area contributed by atoms with E-state index in [0.29, 0.717) is 12.1 Å². The molecule has 2 heterocycles. The van der Waals surface area contributed by atoms with E-state index in [2.05, 4.69) is 91.8 Å². The summed E-state index contributed by atoms with van der Waals surface area (Å²) in [6.07, 6.45) is 1.26. The zero-order valence-electron chi connectivity index (χ0n) is 15.0. The maximum atomic E-state index is 3.91. The summed E-state index contributed by atoms with van der Waals surface area (Å²) in [4.78, 5) is 2.59. The molecule has 0 radical (unpaired) electrons. The summed E-state index contributed by atoms with van der Waals surface area (Å²) in [5, 5.41) is 3.91. The van der Waals surface area contributed by atoms with Crippen molar-refractivity contribution in [2.24, 2.45) is 10.8 Å². The molecule has 4 rings (SSSR count). The van der Waals surface area contributed by atoms with Gasteiger partial charge >= 0.3 is 0 Å². The van der Waals surface area contributed by atoms with Crippen LogP contribution in [0.25, 0.3) is 0 Å². The van der Waals surface area contributed by atoms with Gasteiger partial charge in [-0.25, -0.2) is 0 Å². The summed E-state index contributed by atoms with van der Waals surface area (Å²) in [6, 6.07) is 22.9. The highest BCUT2D eigenvalue weighted by Crippen LogP contribution is 2.57. The average molecular weight is 320 g/mol. The van der Waals surface area contributed by atoms with E-state index in [1.54, 1.807) is 0 Å². The van der Waals surface area contributed by atoms with Crippen molar-refractivity contribution >= 4 is 0 Å². The quantitative estimate of drug-likeness (QED) is 0.881. The van der Waals surface area contributed by atoms with Crippen molar-refractivity contribution in [3.8, 4) is 0 Å². The molecule has 2 bridgehead atoms. The van der Waals surface area contributed by atoms with Gasteiger partial charge in [-0.1, -0.05) is 74.5 Å². The zero-order chi connectivity index (χ0) is 16.8. The predicted octanol–water partition coefficient (Wildman–Crippen LogP) is 4.42. The minimum atomic E-state index is 0.258. The van der Waals surface area contributed by atoms with Crippen molar-refractivity contribution in [1.29, 1.82) is 0 Å². The molecule has 0 aliphatic carbocycles. The molecule has 2 fully saturated rings. The lowest BCUT2D eigenvalue weighted by molar-refractivity contribution is -0.0845. The molecule has 126 valence electrons. The van der Waals surface area contributed by atoms with Crippen molar-refractivity contribution in [1.82, 2.24) is 10.2 Å². The number of hydrogen-bond acceptors (Lipinski definition) is 2. The summed E-state index contributed by atoms with van der Waals surface area (Å²) < 4.78 is 0. The number of piperidine rings is 2. The normalized spacial score (nSPS) is 36.5. The third-order valence-corrected chi connectivity index (χ3v) is 6.17. The van der Waals surface area contributed by atoms with Gasteiger partial charge in [0.05, 0.1) is 0 Å². The molecule has 24 heavy (non-hydrogen) atoms. The van der Waals surface area contributed by atoms with Crippen molar-refractivity contribution in [2.45, 2.75) is 32.4 Å². The number of nitrogens with zero attached hydrogens (tertiary/aromatic N) is 1. The highest BCUT2D eigenvalue weighted by Gasteiger charge is 2.54. The van der Waals surface area contributed by atoms with Crippen LogP contribution >= 0.6 is 0 Å². The second-order valence-corrected chi connectivity index (χ2v) is 8.44. The Bertz CT molecular complexity index is 696. The Balaban J connectivity index is 1.69. The summed E-state index contributed by atoms with van der Waals surface area (Å²) in [7, 11) is 2.31. The monoisotopic (exact) mass is 320 g/mol. The molecule has 0 spiro atoms. The number of hydrogen-bond donors (Lipinski definition) is 1. The average Bonchev–Trinajstić information content (AvgIpc) is 2.55.